The number of nitriles is 1. The van der Waals surface area contributed by atoms with Gasteiger partial charge in [-0.1, -0.05) is 30.3 Å². The molecule has 0 fully saturated rings. The Morgan fingerprint density at radius 1 is 1.27 bits per heavy atom. The first-order valence-electron chi connectivity index (χ1n) is 6.79. The van der Waals surface area contributed by atoms with Crippen LogP contribution in [0.1, 0.15) is 28.5 Å². The standard InChI is InChI=1S/C17H13N3O2/c1-12(21)14-10-19-20-15(14)7-8-17(16(20)9-18)22-11-13-5-3-2-4-6-13/h2-8,10H,11H2,1H3. The van der Waals surface area contributed by atoms with Crippen LogP contribution in [-0.2, 0) is 6.61 Å². The largest absolute Gasteiger partial charge is 0.486 e. The van der Waals surface area contributed by atoms with Crippen LogP contribution in [-0.4, -0.2) is 15.4 Å². The number of hydrogen-bond acceptors (Lipinski definition) is 4. The lowest BCUT2D eigenvalue weighted by atomic mass is 10.2. The molecular weight excluding hydrogens is 278 g/mol. The zero-order chi connectivity index (χ0) is 15.5. The summed E-state index contributed by atoms with van der Waals surface area (Å²) in [5, 5.41) is 13.5. The van der Waals surface area contributed by atoms with Gasteiger partial charge in [0.05, 0.1) is 17.3 Å². The van der Waals surface area contributed by atoms with Gasteiger partial charge in [-0.3, -0.25) is 4.79 Å². The van der Waals surface area contributed by atoms with Crippen molar-refractivity contribution in [3.8, 4) is 11.8 Å². The van der Waals surface area contributed by atoms with Crippen LogP contribution < -0.4 is 4.74 Å². The van der Waals surface area contributed by atoms with E-state index in [2.05, 4.69) is 11.2 Å². The third-order valence-corrected chi connectivity index (χ3v) is 3.37. The first-order valence-corrected chi connectivity index (χ1v) is 6.79. The van der Waals surface area contributed by atoms with Crippen molar-refractivity contribution >= 4 is 11.3 Å². The van der Waals surface area contributed by atoms with E-state index < -0.39 is 0 Å². The van der Waals surface area contributed by atoms with Crippen LogP contribution in [0.25, 0.3) is 5.52 Å². The molecule has 22 heavy (non-hydrogen) atoms. The second kappa shape index (κ2) is 5.70. The molecule has 0 radical (unpaired) electrons. The molecule has 0 aliphatic heterocycles. The van der Waals surface area contributed by atoms with Gasteiger partial charge in [0.15, 0.2) is 17.2 Å². The Morgan fingerprint density at radius 3 is 2.73 bits per heavy atom. The van der Waals surface area contributed by atoms with Gasteiger partial charge < -0.3 is 4.74 Å². The number of carbonyl (C=O) groups is 1. The fourth-order valence-corrected chi connectivity index (χ4v) is 2.26. The van der Waals surface area contributed by atoms with E-state index in [0.717, 1.165) is 5.56 Å². The summed E-state index contributed by atoms with van der Waals surface area (Å²) in [6, 6.07) is 15.2. The smallest absolute Gasteiger partial charge is 0.184 e. The summed E-state index contributed by atoms with van der Waals surface area (Å²) < 4.78 is 7.17. The lowest BCUT2D eigenvalue weighted by Crippen LogP contribution is -2.02. The zero-order valence-corrected chi connectivity index (χ0v) is 12.0. The molecule has 108 valence electrons. The number of hydrogen-bond donors (Lipinski definition) is 0. The summed E-state index contributed by atoms with van der Waals surface area (Å²) >= 11 is 0. The van der Waals surface area contributed by atoms with E-state index in [9.17, 15) is 10.1 Å². The topological polar surface area (TPSA) is 67.4 Å². The molecule has 2 aromatic heterocycles. The molecule has 3 aromatic rings. The van der Waals surface area contributed by atoms with Gasteiger partial charge in [0, 0.05) is 0 Å². The highest BCUT2D eigenvalue weighted by Gasteiger charge is 2.14. The molecule has 1 aromatic carbocycles. The first-order chi connectivity index (χ1) is 10.7. The van der Waals surface area contributed by atoms with E-state index in [0.29, 0.717) is 23.4 Å². The Kier molecular flexibility index (Phi) is 3.58. The van der Waals surface area contributed by atoms with Crippen molar-refractivity contribution in [3.63, 3.8) is 0 Å². The Morgan fingerprint density at radius 2 is 2.05 bits per heavy atom. The molecule has 0 aliphatic rings. The van der Waals surface area contributed by atoms with Crippen LogP contribution in [0.15, 0.2) is 48.7 Å². The molecule has 2 heterocycles. The van der Waals surface area contributed by atoms with E-state index in [1.54, 1.807) is 12.1 Å². The molecule has 5 heteroatoms. The number of Topliss-reactive ketones (excluding diaryl/α,β-unsaturated/α-hetero) is 1. The molecule has 0 saturated carbocycles. The van der Waals surface area contributed by atoms with Crippen molar-refractivity contribution in [2.45, 2.75) is 13.5 Å². The molecule has 0 bridgehead atoms. The lowest BCUT2D eigenvalue weighted by molar-refractivity contribution is 0.101. The van der Waals surface area contributed by atoms with Gasteiger partial charge in [-0.2, -0.15) is 10.4 Å². The van der Waals surface area contributed by atoms with Crippen molar-refractivity contribution in [1.82, 2.24) is 9.61 Å². The number of ether oxygens (including phenoxy) is 1. The molecule has 3 rings (SSSR count). The predicted octanol–water partition coefficient (Wildman–Crippen LogP) is 2.99. The van der Waals surface area contributed by atoms with Crippen molar-refractivity contribution in [2.24, 2.45) is 0 Å². The monoisotopic (exact) mass is 291 g/mol. The van der Waals surface area contributed by atoms with Gasteiger partial charge in [-0.25, -0.2) is 4.52 Å². The average Bonchev–Trinajstić information content (AvgIpc) is 2.97. The number of nitrogens with zero attached hydrogens (tertiary/aromatic N) is 3. The van der Waals surface area contributed by atoms with E-state index in [1.807, 2.05) is 30.3 Å². The van der Waals surface area contributed by atoms with Crippen molar-refractivity contribution in [3.05, 3.63) is 65.5 Å². The predicted molar refractivity (Wildman–Crippen MR) is 80.7 cm³/mol. The highest BCUT2D eigenvalue weighted by molar-refractivity contribution is 6.00. The van der Waals surface area contributed by atoms with Crippen LogP contribution in [0.5, 0.6) is 5.75 Å². The second-order valence-electron chi connectivity index (χ2n) is 4.84. The number of rotatable bonds is 4. The van der Waals surface area contributed by atoms with Gasteiger partial charge in [0.2, 0.25) is 0 Å². The highest BCUT2D eigenvalue weighted by Crippen LogP contribution is 2.23. The Balaban J connectivity index is 1.97. The molecule has 0 aliphatic carbocycles. The maximum atomic E-state index is 11.5. The van der Waals surface area contributed by atoms with Gasteiger partial charge in [0.1, 0.15) is 12.7 Å². The normalized spacial score (nSPS) is 10.4. The quantitative estimate of drug-likeness (QED) is 0.693. The summed E-state index contributed by atoms with van der Waals surface area (Å²) in [6.07, 6.45) is 1.47. The van der Waals surface area contributed by atoms with E-state index in [-0.39, 0.29) is 11.5 Å². The molecule has 0 saturated heterocycles. The van der Waals surface area contributed by atoms with E-state index in [4.69, 9.17) is 4.74 Å². The minimum absolute atomic E-state index is 0.0863. The fraction of sp³-hybridized carbons (Fsp3) is 0.118. The van der Waals surface area contributed by atoms with Crippen LogP contribution in [0.3, 0.4) is 0 Å². The summed E-state index contributed by atoms with van der Waals surface area (Å²) in [7, 11) is 0. The fourth-order valence-electron chi connectivity index (χ4n) is 2.26. The Hall–Kier alpha value is -3.13. The molecule has 0 spiro atoms. The number of aromatic nitrogens is 2. The first kappa shape index (κ1) is 13.8. The van der Waals surface area contributed by atoms with Crippen molar-refractivity contribution < 1.29 is 9.53 Å². The van der Waals surface area contributed by atoms with Crippen molar-refractivity contribution in [2.75, 3.05) is 0 Å². The molecular formula is C17H13N3O2. The number of pyridine rings is 1. The van der Waals surface area contributed by atoms with Crippen molar-refractivity contribution in [1.29, 1.82) is 5.26 Å². The average molecular weight is 291 g/mol. The minimum Gasteiger partial charge on any atom is -0.486 e. The van der Waals surface area contributed by atoms with Gasteiger partial charge >= 0.3 is 0 Å². The number of fused-ring (bicyclic) bond motifs is 1. The minimum atomic E-state index is -0.0863. The van der Waals surface area contributed by atoms with Gasteiger partial charge in [-0.05, 0) is 24.6 Å². The summed E-state index contributed by atoms with van der Waals surface area (Å²) in [5.41, 5.74) is 2.39. The third-order valence-electron chi connectivity index (χ3n) is 3.37. The van der Waals surface area contributed by atoms with E-state index >= 15 is 0 Å². The maximum absolute atomic E-state index is 11.5. The van der Waals surface area contributed by atoms with Crippen LogP contribution >= 0.6 is 0 Å². The van der Waals surface area contributed by atoms with Gasteiger partial charge in [-0.15, -0.1) is 0 Å². The molecule has 0 unspecified atom stereocenters. The zero-order valence-electron chi connectivity index (χ0n) is 12.0. The lowest BCUT2D eigenvalue weighted by Gasteiger charge is -2.09. The summed E-state index contributed by atoms with van der Waals surface area (Å²) in [4.78, 5) is 11.5. The molecule has 0 N–H and O–H groups in total. The number of carbonyl (C=O) groups excluding carboxylic acids is 1. The van der Waals surface area contributed by atoms with Crippen LogP contribution in [0.4, 0.5) is 0 Å². The highest BCUT2D eigenvalue weighted by atomic mass is 16.5. The molecule has 0 amide bonds. The molecule has 0 atom stereocenters. The molecule has 5 nitrogen and oxygen atoms in total. The Labute approximate surface area is 127 Å². The SMILES string of the molecule is CC(=O)c1cnn2c(C#N)c(OCc3ccccc3)ccc12. The number of benzene rings is 1. The van der Waals surface area contributed by atoms with Crippen LogP contribution in [0.2, 0.25) is 0 Å². The Bertz CT molecular complexity index is 876. The van der Waals surface area contributed by atoms with E-state index in [1.165, 1.54) is 17.6 Å². The van der Waals surface area contributed by atoms with Crippen LogP contribution in [0, 0.1) is 11.3 Å². The summed E-state index contributed by atoms with van der Waals surface area (Å²) in [6.45, 7) is 1.84. The third kappa shape index (κ3) is 2.42. The second-order valence-corrected chi connectivity index (χ2v) is 4.84. The summed E-state index contributed by atoms with van der Waals surface area (Å²) in [5.74, 6) is 0.355. The maximum Gasteiger partial charge on any atom is 0.184 e. The van der Waals surface area contributed by atoms with Gasteiger partial charge in [0.25, 0.3) is 0 Å². The number of ketones is 1.